The summed E-state index contributed by atoms with van der Waals surface area (Å²) in [5, 5.41) is 0.877. The zero-order valence-electron chi connectivity index (χ0n) is 16.9. The Balaban J connectivity index is 0. The summed E-state index contributed by atoms with van der Waals surface area (Å²) in [5.74, 6) is 5.67. The Morgan fingerprint density at radius 3 is 1.96 bits per heavy atom. The Kier molecular flexibility index (Phi) is 13.1. The molecule has 0 radical (unpaired) electrons. The van der Waals surface area contributed by atoms with Gasteiger partial charge in [-0.2, -0.15) is 0 Å². The zero-order chi connectivity index (χ0) is 19.9. The molecule has 0 saturated heterocycles. The van der Waals surface area contributed by atoms with Crippen molar-refractivity contribution in [2.24, 2.45) is 5.84 Å². The van der Waals surface area contributed by atoms with Crippen LogP contribution in [0.1, 0.15) is 59.5 Å². The molecular weight excluding hydrogens is 419 g/mol. The van der Waals surface area contributed by atoms with Crippen LogP contribution in [0.2, 0.25) is 0 Å². The summed E-state index contributed by atoms with van der Waals surface area (Å²) in [4.78, 5) is 22.6. The predicted molar refractivity (Wildman–Crippen MR) is 122 cm³/mol. The van der Waals surface area contributed by atoms with E-state index in [0.29, 0.717) is 11.1 Å². The zero-order valence-corrected chi connectivity index (χ0v) is 19.3. The minimum atomic E-state index is -0.403. The van der Waals surface area contributed by atoms with E-state index in [1.165, 1.54) is 5.01 Å². The molecule has 1 amide bonds. The summed E-state index contributed by atoms with van der Waals surface area (Å²) in [7, 11) is 0. The van der Waals surface area contributed by atoms with Gasteiger partial charge in [-0.1, -0.05) is 36.8 Å². The smallest absolute Gasteiger partial charge is 0.268 e. The average molecular weight is 448 g/mol. The molecule has 7 heteroatoms. The van der Waals surface area contributed by atoms with Gasteiger partial charge >= 0.3 is 0 Å². The minimum absolute atomic E-state index is 0. The Labute approximate surface area is 185 Å². The Morgan fingerprint density at radius 1 is 1.00 bits per heavy atom. The van der Waals surface area contributed by atoms with Crippen molar-refractivity contribution in [3.05, 3.63) is 70.8 Å². The lowest BCUT2D eigenvalue weighted by Gasteiger charge is -2.31. The first kappa shape index (κ1) is 28.6. The number of benzene rings is 2. The molecule has 0 aliphatic rings. The molecule has 0 heterocycles. The highest BCUT2D eigenvalue weighted by Crippen LogP contribution is 2.14. The van der Waals surface area contributed by atoms with Crippen LogP contribution in [0.15, 0.2) is 48.5 Å². The molecule has 0 aliphatic heterocycles. The number of hydrogen-bond acceptors (Lipinski definition) is 3. The first-order valence-electron chi connectivity index (χ1n) is 8.51. The van der Waals surface area contributed by atoms with E-state index in [4.69, 9.17) is 17.4 Å². The maximum atomic E-state index is 12.1. The van der Waals surface area contributed by atoms with Crippen molar-refractivity contribution in [1.29, 1.82) is 0 Å². The third kappa shape index (κ3) is 9.07. The van der Waals surface area contributed by atoms with Crippen molar-refractivity contribution < 1.29 is 9.59 Å². The Bertz CT molecular complexity index is 757. The van der Waals surface area contributed by atoms with Crippen LogP contribution in [0.25, 0.3) is 0 Å². The Morgan fingerprint density at radius 2 is 1.54 bits per heavy atom. The van der Waals surface area contributed by atoms with Crippen LogP contribution in [0, 0.1) is 6.92 Å². The van der Waals surface area contributed by atoms with E-state index in [9.17, 15) is 9.59 Å². The second-order valence-electron chi connectivity index (χ2n) is 7.04. The lowest BCUT2D eigenvalue weighted by Crippen LogP contribution is -2.50. The molecule has 0 saturated carbocycles. The molecule has 2 aromatic rings. The molecule has 0 unspecified atom stereocenters. The summed E-state index contributed by atoms with van der Waals surface area (Å²) in [6, 6.07) is 14.7. The van der Waals surface area contributed by atoms with E-state index in [1.807, 2.05) is 58.0 Å². The summed E-state index contributed by atoms with van der Waals surface area (Å²) in [5.41, 5.74) is 3.11. The van der Waals surface area contributed by atoms with Crippen LogP contribution < -0.4 is 5.84 Å². The minimum Gasteiger partial charge on any atom is -0.276 e. The lowest BCUT2D eigenvalue weighted by molar-refractivity contribution is 0.0581. The molecule has 2 N–H and O–H groups in total. The fourth-order valence-electron chi connectivity index (χ4n) is 2.05. The van der Waals surface area contributed by atoms with Crippen LogP contribution in [0.4, 0.5) is 0 Å². The van der Waals surface area contributed by atoms with E-state index < -0.39 is 5.24 Å². The van der Waals surface area contributed by atoms with Crippen molar-refractivity contribution in [3.8, 4) is 0 Å². The summed E-state index contributed by atoms with van der Waals surface area (Å²) < 4.78 is 0. The number of nitrogens with zero attached hydrogens (tertiary/aromatic N) is 1. The first-order chi connectivity index (χ1) is 12.1. The van der Waals surface area contributed by atoms with Gasteiger partial charge in [-0.3, -0.25) is 14.6 Å². The maximum Gasteiger partial charge on any atom is 0.268 e. The maximum absolute atomic E-state index is 12.1. The number of halogens is 3. The summed E-state index contributed by atoms with van der Waals surface area (Å²) in [6.45, 7) is 9.76. The average Bonchev–Trinajstić information content (AvgIpc) is 2.60. The molecule has 0 atom stereocenters. The quantitative estimate of drug-likeness (QED) is 0.289. The van der Waals surface area contributed by atoms with Crippen LogP contribution in [-0.2, 0) is 6.42 Å². The molecule has 0 fully saturated rings. The van der Waals surface area contributed by atoms with E-state index in [-0.39, 0.29) is 36.3 Å². The van der Waals surface area contributed by atoms with Gasteiger partial charge in [-0.15, -0.1) is 24.8 Å². The predicted octanol–water partition coefficient (Wildman–Crippen LogP) is 5.58. The van der Waals surface area contributed by atoms with Crippen LogP contribution in [-0.4, -0.2) is 21.7 Å². The van der Waals surface area contributed by atoms with Crippen molar-refractivity contribution in [3.63, 3.8) is 0 Å². The number of carbonyl (C=O) groups is 2. The third-order valence-corrected chi connectivity index (χ3v) is 4.02. The molecular formula is C21H29Cl3N2O2. The van der Waals surface area contributed by atoms with E-state index in [0.717, 1.165) is 17.5 Å². The highest BCUT2D eigenvalue weighted by atomic mass is 35.5. The largest absolute Gasteiger partial charge is 0.276 e. The first-order valence-corrected chi connectivity index (χ1v) is 8.88. The monoisotopic (exact) mass is 446 g/mol. The molecule has 0 spiro atoms. The summed E-state index contributed by atoms with van der Waals surface area (Å²) in [6.07, 6.45) is 0.918. The molecule has 0 aromatic heterocycles. The van der Waals surface area contributed by atoms with Crippen LogP contribution in [0.5, 0.6) is 0 Å². The van der Waals surface area contributed by atoms with Gasteiger partial charge in [0.15, 0.2) is 0 Å². The van der Waals surface area contributed by atoms with Gasteiger partial charge in [-0.25, -0.2) is 5.84 Å². The molecule has 156 valence electrons. The number of amides is 1. The van der Waals surface area contributed by atoms with Gasteiger partial charge in [0.25, 0.3) is 11.1 Å². The van der Waals surface area contributed by atoms with E-state index in [1.54, 1.807) is 18.2 Å². The molecule has 2 aromatic carbocycles. The topological polar surface area (TPSA) is 63.4 Å². The normalized spacial score (nSPS) is 9.82. The van der Waals surface area contributed by atoms with Gasteiger partial charge in [-0.05, 0) is 75.5 Å². The molecule has 0 bridgehead atoms. The van der Waals surface area contributed by atoms with Crippen molar-refractivity contribution in [2.75, 3.05) is 0 Å². The van der Waals surface area contributed by atoms with Gasteiger partial charge in [0.1, 0.15) is 0 Å². The van der Waals surface area contributed by atoms with Gasteiger partial charge in [0, 0.05) is 11.1 Å². The van der Waals surface area contributed by atoms with Crippen LogP contribution >= 0.6 is 36.4 Å². The Hall–Kier alpha value is -1.59. The number of hydrazine groups is 1. The van der Waals surface area contributed by atoms with Crippen molar-refractivity contribution >= 4 is 47.6 Å². The fourth-order valence-corrected chi connectivity index (χ4v) is 2.18. The van der Waals surface area contributed by atoms with Gasteiger partial charge in [0.05, 0.1) is 5.54 Å². The number of nitrogens with two attached hydrogens (primary N) is 1. The SMILES string of the molecule is CCc1cccc(C(=O)N(N)C(C)(C)C)c1.Cc1ccc(C(=O)Cl)cc1.Cl.Cl. The molecule has 0 aliphatic carbocycles. The van der Waals surface area contributed by atoms with Crippen molar-refractivity contribution in [1.82, 2.24) is 5.01 Å². The highest BCUT2D eigenvalue weighted by molar-refractivity contribution is 6.67. The number of carbonyl (C=O) groups excluding carboxylic acids is 2. The molecule has 28 heavy (non-hydrogen) atoms. The second kappa shape index (κ2) is 12.8. The molecule has 2 rings (SSSR count). The highest BCUT2D eigenvalue weighted by Gasteiger charge is 2.24. The standard InChI is InChI=1S/C13H20N2O.C8H7ClO.2ClH/c1-5-10-7-6-8-11(9-10)12(16)15(14)13(2,3)4;1-6-2-4-7(5-3-6)8(9)10;;/h6-9H,5,14H2,1-4H3;2-5H,1H3;2*1H. The van der Waals surface area contributed by atoms with Gasteiger partial charge < -0.3 is 0 Å². The summed E-state index contributed by atoms with van der Waals surface area (Å²) >= 11 is 5.22. The second-order valence-corrected chi connectivity index (χ2v) is 7.38. The lowest BCUT2D eigenvalue weighted by atomic mass is 10.0. The number of rotatable bonds is 3. The fraction of sp³-hybridized carbons (Fsp3) is 0.333. The number of hydrogen-bond donors (Lipinski definition) is 1. The van der Waals surface area contributed by atoms with Gasteiger partial charge in [0.2, 0.25) is 0 Å². The van der Waals surface area contributed by atoms with E-state index in [2.05, 4.69) is 6.92 Å². The van der Waals surface area contributed by atoms with E-state index >= 15 is 0 Å². The van der Waals surface area contributed by atoms with Crippen molar-refractivity contribution in [2.45, 2.75) is 46.6 Å². The van der Waals surface area contributed by atoms with Crippen LogP contribution in [0.3, 0.4) is 0 Å². The molecule has 4 nitrogen and oxygen atoms in total. The number of aryl methyl sites for hydroxylation is 2. The third-order valence-electron chi connectivity index (χ3n) is 3.80.